The van der Waals surface area contributed by atoms with Gasteiger partial charge in [-0.2, -0.15) is 0 Å². The van der Waals surface area contributed by atoms with Gasteiger partial charge in [-0.25, -0.2) is 0 Å². The molecule has 0 spiro atoms. The molecule has 0 saturated heterocycles. The van der Waals surface area contributed by atoms with Gasteiger partial charge in [0.25, 0.3) is 0 Å². The first-order valence-corrected chi connectivity index (χ1v) is 5.27. The van der Waals surface area contributed by atoms with Crippen molar-refractivity contribution in [1.29, 1.82) is 0 Å². The molecular formula is C12H19NO2. The molecule has 0 bridgehead atoms. The maximum atomic E-state index is 5.60. The Labute approximate surface area is 91.4 Å². The molecule has 0 amide bonds. The van der Waals surface area contributed by atoms with Crippen molar-refractivity contribution in [2.75, 3.05) is 32.2 Å². The lowest BCUT2D eigenvalue weighted by Crippen LogP contribution is -2.07. The number of benzene rings is 1. The van der Waals surface area contributed by atoms with E-state index in [-0.39, 0.29) is 0 Å². The molecular weight excluding hydrogens is 190 g/mol. The summed E-state index contributed by atoms with van der Waals surface area (Å²) in [5.41, 5.74) is 2.24. The van der Waals surface area contributed by atoms with Gasteiger partial charge >= 0.3 is 0 Å². The Kier molecular flexibility index (Phi) is 4.98. The zero-order chi connectivity index (χ0) is 11.1. The highest BCUT2D eigenvalue weighted by Crippen LogP contribution is 2.24. The first-order valence-electron chi connectivity index (χ1n) is 5.27. The van der Waals surface area contributed by atoms with Crippen LogP contribution in [0.5, 0.6) is 5.75 Å². The fraction of sp³-hybridized carbons (Fsp3) is 0.500. The Morgan fingerprint density at radius 3 is 2.73 bits per heavy atom. The van der Waals surface area contributed by atoms with Crippen LogP contribution in [-0.2, 0) is 4.74 Å². The molecule has 1 rings (SSSR count). The fourth-order valence-corrected chi connectivity index (χ4v) is 1.32. The normalized spacial score (nSPS) is 10.1. The van der Waals surface area contributed by atoms with E-state index in [4.69, 9.17) is 9.47 Å². The monoisotopic (exact) mass is 209 g/mol. The average Bonchev–Trinajstić information content (AvgIpc) is 2.26. The van der Waals surface area contributed by atoms with Crippen molar-refractivity contribution in [1.82, 2.24) is 0 Å². The average molecular weight is 209 g/mol. The van der Waals surface area contributed by atoms with Gasteiger partial charge in [-0.15, -0.1) is 0 Å². The summed E-state index contributed by atoms with van der Waals surface area (Å²) in [6.07, 6.45) is 0. The van der Waals surface area contributed by atoms with Crippen LogP contribution in [0.25, 0.3) is 0 Å². The molecule has 15 heavy (non-hydrogen) atoms. The fourth-order valence-electron chi connectivity index (χ4n) is 1.32. The van der Waals surface area contributed by atoms with Gasteiger partial charge in [-0.3, -0.25) is 0 Å². The molecule has 3 heteroatoms. The molecule has 1 N–H and O–H groups in total. The summed E-state index contributed by atoms with van der Waals surface area (Å²) in [4.78, 5) is 0. The number of nitrogens with one attached hydrogen (secondary N) is 1. The number of rotatable bonds is 6. The minimum absolute atomic E-state index is 0.589. The van der Waals surface area contributed by atoms with Crippen LogP contribution >= 0.6 is 0 Å². The third kappa shape index (κ3) is 3.80. The molecule has 0 saturated carbocycles. The van der Waals surface area contributed by atoms with Crippen molar-refractivity contribution in [2.45, 2.75) is 13.8 Å². The van der Waals surface area contributed by atoms with Crippen LogP contribution in [0, 0.1) is 6.92 Å². The molecule has 0 radical (unpaired) electrons. The molecule has 0 unspecified atom stereocenters. The van der Waals surface area contributed by atoms with E-state index in [1.165, 1.54) is 5.56 Å². The summed E-state index contributed by atoms with van der Waals surface area (Å²) in [6.45, 7) is 5.99. The Bertz CT molecular complexity index is 300. The second kappa shape index (κ2) is 6.30. The quantitative estimate of drug-likeness (QED) is 0.730. The predicted molar refractivity (Wildman–Crippen MR) is 62.7 cm³/mol. The lowest BCUT2D eigenvalue weighted by Gasteiger charge is -2.11. The molecule has 0 aliphatic heterocycles. The van der Waals surface area contributed by atoms with Crippen molar-refractivity contribution in [3.8, 4) is 5.75 Å². The van der Waals surface area contributed by atoms with E-state index in [2.05, 4.69) is 18.3 Å². The van der Waals surface area contributed by atoms with E-state index in [0.29, 0.717) is 13.2 Å². The van der Waals surface area contributed by atoms with Gasteiger partial charge in [0, 0.05) is 13.7 Å². The van der Waals surface area contributed by atoms with Crippen LogP contribution in [0.2, 0.25) is 0 Å². The minimum Gasteiger partial charge on any atom is -0.489 e. The molecule has 84 valence electrons. The van der Waals surface area contributed by atoms with Gasteiger partial charge in [-0.05, 0) is 31.5 Å². The third-order valence-electron chi connectivity index (χ3n) is 2.09. The Morgan fingerprint density at radius 1 is 1.27 bits per heavy atom. The first-order chi connectivity index (χ1) is 7.27. The predicted octanol–water partition coefficient (Wildman–Crippen LogP) is 2.45. The molecule has 0 aromatic heterocycles. The number of hydrogen-bond donors (Lipinski definition) is 1. The highest BCUT2D eigenvalue weighted by Gasteiger charge is 2.01. The van der Waals surface area contributed by atoms with Crippen molar-refractivity contribution >= 4 is 5.69 Å². The maximum absolute atomic E-state index is 5.60. The van der Waals surface area contributed by atoms with E-state index in [1.54, 1.807) is 0 Å². The summed E-state index contributed by atoms with van der Waals surface area (Å²) in [5.74, 6) is 0.878. The zero-order valence-electron chi connectivity index (χ0n) is 9.67. The zero-order valence-corrected chi connectivity index (χ0v) is 9.67. The highest BCUT2D eigenvalue weighted by molar-refractivity contribution is 5.57. The molecule has 0 fully saturated rings. The van der Waals surface area contributed by atoms with E-state index < -0.39 is 0 Å². The maximum Gasteiger partial charge on any atom is 0.142 e. The summed E-state index contributed by atoms with van der Waals surface area (Å²) in [6, 6.07) is 6.08. The topological polar surface area (TPSA) is 30.5 Å². The van der Waals surface area contributed by atoms with Gasteiger partial charge in [0.05, 0.1) is 12.3 Å². The lowest BCUT2D eigenvalue weighted by atomic mass is 10.2. The molecule has 3 nitrogen and oxygen atoms in total. The van der Waals surface area contributed by atoms with E-state index in [1.807, 2.05) is 26.1 Å². The molecule has 0 aliphatic carbocycles. The second-order valence-corrected chi connectivity index (χ2v) is 3.29. The summed E-state index contributed by atoms with van der Waals surface area (Å²) >= 11 is 0. The van der Waals surface area contributed by atoms with Crippen LogP contribution in [-0.4, -0.2) is 26.9 Å². The molecule has 1 aromatic rings. The van der Waals surface area contributed by atoms with Crippen molar-refractivity contribution < 1.29 is 9.47 Å². The van der Waals surface area contributed by atoms with Crippen molar-refractivity contribution in [2.24, 2.45) is 0 Å². The van der Waals surface area contributed by atoms with Crippen LogP contribution in [0.3, 0.4) is 0 Å². The van der Waals surface area contributed by atoms with E-state index in [9.17, 15) is 0 Å². The van der Waals surface area contributed by atoms with Crippen LogP contribution in [0.4, 0.5) is 5.69 Å². The third-order valence-corrected chi connectivity index (χ3v) is 2.09. The summed E-state index contributed by atoms with van der Waals surface area (Å²) < 4.78 is 10.8. The van der Waals surface area contributed by atoms with Gasteiger partial charge in [0.1, 0.15) is 12.4 Å². The van der Waals surface area contributed by atoms with Gasteiger partial charge in [0.15, 0.2) is 0 Å². The minimum atomic E-state index is 0.589. The number of ether oxygens (including phenoxy) is 2. The standard InChI is InChI=1S/C12H19NO2/c1-4-14-7-8-15-12-6-5-10(2)9-11(12)13-3/h5-6,9,13H,4,7-8H2,1-3H3. The van der Waals surface area contributed by atoms with Gasteiger partial charge in [0.2, 0.25) is 0 Å². The largest absolute Gasteiger partial charge is 0.489 e. The summed E-state index contributed by atoms with van der Waals surface area (Å²) in [7, 11) is 1.89. The lowest BCUT2D eigenvalue weighted by molar-refractivity contribution is 0.110. The summed E-state index contributed by atoms with van der Waals surface area (Å²) in [5, 5.41) is 3.11. The molecule has 0 aliphatic rings. The first kappa shape index (κ1) is 11.9. The number of hydrogen-bond acceptors (Lipinski definition) is 3. The Balaban J connectivity index is 2.52. The number of anilines is 1. The van der Waals surface area contributed by atoms with Crippen LogP contribution < -0.4 is 10.1 Å². The van der Waals surface area contributed by atoms with E-state index >= 15 is 0 Å². The highest BCUT2D eigenvalue weighted by atomic mass is 16.5. The number of aryl methyl sites for hydroxylation is 1. The molecule has 0 heterocycles. The molecule has 0 atom stereocenters. The van der Waals surface area contributed by atoms with E-state index in [0.717, 1.165) is 18.0 Å². The van der Waals surface area contributed by atoms with Crippen molar-refractivity contribution in [3.05, 3.63) is 23.8 Å². The SMILES string of the molecule is CCOCCOc1ccc(C)cc1NC. The van der Waals surface area contributed by atoms with Crippen molar-refractivity contribution in [3.63, 3.8) is 0 Å². The molecule has 1 aromatic carbocycles. The van der Waals surface area contributed by atoms with Gasteiger partial charge in [-0.1, -0.05) is 6.07 Å². The second-order valence-electron chi connectivity index (χ2n) is 3.29. The van der Waals surface area contributed by atoms with Crippen LogP contribution in [0.15, 0.2) is 18.2 Å². The Morgan fingerprint density at radius 2 is 2.07 bits per heavy atom. The smallest absolute Gasteiger partial charge is 0.142 e. The van der Waals surface area contributed by atoms with Gasteiger partial charge < -0.3 is 14.8 Å². The Hall–Kier alpha value is -1.22. The van der Waals surface area contributed by atoms with Crippen LogP contribution in [0.1, 0.15) is 12.5 Å².